The summed E-state index contributed by atoms with van der Waals surface area (Å²) in [5.74, 6) is 0.513. The standard InChI is InChI=1S/C16H18N4/c1-13(2,3)12-4-6-14(7-5-12)15(8-17,9-18)16(14,10-19)11-20/h12H,4-7H2,1-3H3. The molecule has 2 aliphatic rings. The molecule has 20 heavy (non-hydrogen) atoms. The van der Waals surface area contributed by atoms with Gasteiger partial charge in [-0.15, -0.1) is 0 Å². The Kier molecular flexibility index (Phi) is 2.86. The molecule has 102 valence electrons. The number of nitriles is 4. The zero-order chi connectivity index (χ0) is 15.2. The molecule has 4 nitrogen and oxygen atoms in total. The van der Waals surface area contributed by atoms with Crippen molar-refractivity contribution in [1.29, 1.82) is 21.0 Å². The van der Waals surface area contributed by atoms with Crippen molar-refractivity contribution in [3.05, 3.63) is 0 Å². The smallest absolute Gasteiger partial charge is 0.184 e. The van der Waals surface area contributed by atoms with E-state index in [1.165, 1.54) is 0 Å². The second-order valence-corrected chi connectivity index (χ2v) is 7.17. The van der Waals surface area contributed by atoms with Gasteiger partial charge in [0.1, 0.15) is 0 Å². The molecule has 0 radical (unpaired) electrons. The topological polar surface area (TPSA) is 95.2 Å². The van der Waals surface area contributed by atoms with Crippen LogP contribution in [0.4, 0.5) is 0 Å². The minimum atomic E-state index is -1.44. The maximum absolute atomic E-state index is 9.42. The monoisotopic (exact) mass is 266 g/mol. The Bertz CT molecular complexity index is 521. The van der Waals surface area contributed by atoms with E-state index in [4.69, 9.17) is 0 Å². The first-order chi connectivity index (χ1) is 9.30. The summed E-state index contributed by atoms with van der Waals surface area (Å²) >= 11 is 0. The van der Waals surface area contributed by atoms with Crippen molar-refractivity contribution < 1.29 is 0 Å². The Morgan fingerprint density at radius 1 is 0.800 bits per heavy atom. The Morgan fingerprint density at radius 2 is 1.15 bits per heavy atom. The molecule has 2 aliphatic carbocycles. The SMILES string of the molecule is CC(C)(C)C1CCC2(CC1)C(C#N)(C#N)C2(C#N)C#N. The third kappa shape index (κ3) is 1.27. The predicted octanol–water partition coefficient (Wildman–Crippen LogP) is 3.29. The van der Waals surface area contributed by atoms with Crippen LogP contribution in [0.25, 0.3) is 0 Å². The fourth-order valence-corrected chi connectivity index (χ4v) is 4.23. The van der Waals surface area contributed by atoms with Crippen LogP contribution in [-0.4, -0.2) is 0 Å². The van der Waals surface area contributed by atoms with E-state index in [-0.39, 0.29) is 5.41 Å². The normalized spacial score (nSPS) is 25.8. The molecule has 1 spiro atoms. The zero-order valence-electron chi connectivity index (χ0n) is 12.2. The van der Waals surface area contributed by atoms with E-state index in [1.54, 1.807) is 0 Å². The number of hydrogen-bond acceptors (Lipinski definition) is 4. The quantitative estimate of drug-likeness (QED) is 0.672. The van der Waals surface area contributed by atoms with E-state index >= 15 is 0 Å². The third-order valence-corrected chi connectivity index (χ3v) is 5.67. The van der Waals surface area contributed by atoms with E-state index in [0.29, 0.717) is 18.8 Å². The molecule has 0 amide bonds. The van der Waals surface area contributed by atoms with Crippen LogP contribution in [0.3, 0.4) is 0 Å². The van der Waals surface area contributed by atoms with Gasteiger partial charge in [0.2, 0.25) is 0 Å². The summed E-state index contributed by atoms with van der Waals surface area (Å²) in [7, 11) is 0. The molecule has 0 aromatic rings. The number of hydrogen-bond donors (Lipinski definition) is 0. The summed E-state index contributed by atoms with van der Waals surface area (Å²) in [4.78, 5) is 0. The molecule has 0 atom stereocenters. The molecule has 2 rings (SSSR count). The van der Waals surface area contributed by atoms with E-state index in [2.05, 4.69) is 20.8 Å². The van der Waals surface area contributed by atoms with Crippen molar-refractivity contribution in [2.75, 3.05) is 0 Å². The molecule has 0 aromatic heterocycles. The highest BCUT2D eigenvalue weighted by atomic mass is 14.9. The van der Waals surface area contributed by atoms with Crippen molar-refractivity contribution in [1.82, 2.24) is 0 Å². The van der Waals surface area contributed by atoms with Gasteiger partial charge < -0.3 is 0 Å². The predicted molar refractivity (Wildman–Crippen MR) is 71.2 cm³/mol. The van der Waals surface area contributed by atoms with Gasteiger partial charge in [-0.25, -0.2) is 0 Å². The molecule has 0 saturated heterocycles. The van der Waals surface area contributed by atoms with Crippen molar-refractivity contribution in [3.8, 4) is 24.3 Å². The molecule has 0 N–H and O–H groups in total. The van der Waals surface area contributed by atoms with Gasteiger partial charge >= 0.3 is 0 Å². The summed E-state index contributed by atoms with van der Waals surface area (Å²) < 4.78 is 0. The second-order valence-electron chi connectivity index (χ2n) is 7.17. The Labute approximate surface area is 120 Å². The van der Waals surface area contributed by atoms with Crippen LogP contribution < -0.4 is 0 Å². The Hall–Kier alpha value is -2.04. The highest BCUT2D eigenvalue weighted by Crippen LogP contribution is 2.82. The van der Waals surface area contributed by atoms with E-state index < -0.39 is 16.2 Å². The van der Waals surface area contributed by atoms with E-state index in [0.717, 1.165) is 12.8 Å². The Morgan fingerprint density at radius 3 is 1.40 bits per heavy atom. The van der Waals surface area contributed by atoms with Crippen LogP contribution >= 0.6 is 0 Å². The molecule has 2 fully saturated rings. The largest absolute Gasteiger partial charge is 0.196 e. The zero-order valence-corrected chi connectivity index (χ0v) is 12.2. The lowest BCUT2D eigenvalue weighted by Crippen LogP contribution is -2.29. The molecular formula is C16H18N4. The second kappa shape index (κ2) is 3.98. The van der Waals surface area contributed by atoms with Gasteiger partial charge in [0.05, 0.1) is 24.3 Å². The lowest BCUT2D eigenvalue weighted by atomic mass is 9.66. The van der Waals surface area contributed by atoms with Crippen LogP contribution in [0.2, 0.25) is 0 Å². The summed E-state index contributed by atoms with van der Waals surface area (Å²) in [5.41, 5.74) is -3.44. The highest BCUT2D eigenvalue weighted by Gasteiger charge is 2.91. The lowest BCUT2D eigenvalue weighted by Gasteiger charge is -2.37. The van der Waals surface area contributed by atoms with Gasteiger partial charge in [-0.1, -0.05) is 20.8 Å². The van der Waals surface area contributed by atoms with Crippen molar-refractivity contribution >= 4 is 0 Å². The average Bonchev–Trinajstić information content (AvgIpc) is 2.92. The maximum Gasteiger partial charge on any atom is 0.184 e. The van der Waals surface area contributed by atoms with E-state index in [9.17, 15) is 21.0 Å². The molecule has 4 heteroatoms. The van der Waals surface area contributed by atoms with Gasteiger partial charge in [0.15, 0.2) is 10.8 Å². The van der Waals surface area contributed by atoms with Crippen LogP contribution in [0.15, 0.2) is 0 Å². The van der Waals surface area contributed by atoms with Crippen molar-refractivity contribution in [2.24, 2.45) is 27.6 Å². The average molecular weight is 266 g/mol. The number of rotatable bonds is 0. The van der Waals surface area contributed by atoms with E-state index in [1.807, 2.05) is 24.3 Å². The number of nitrogens with zero attached hydrogens (tertiary/aromatic N) is 4. The fourth-order valence-electron chi connectivity index (χ4n) is 4.23. The summed E-state index contributed by atoms with van der Waals surface area (Å²) in [6.45, 7) is 6.56. The van der Waals surface area contributed by atoms with Gasteiger partial charge in [0.25, 0.3) is 0 Å². The molecule has 2 saturated carbocycles. The van der Waals surface area contributed by atoms with Crippen LogP contribution in [0.1, 0.15) is 46.5 Å². The minimum Gasteiger partial charge on any atom is -0.196 e. The molecule has 0 aliphatic heterocycles. The lowest BCUT2D eigenvalue weighted by molar-refractivity contribution is 0.126. The van der Waals surface area contributed by atoms with Crippen LogP contribution in [-0.2, 0) is 0 Å². The third-order valence-electron chi connectivity index (χ3n) is 5.67. The summed E-state index contributed by atoms with van der Waals surface area (Å²) in [6, 6.07) is 8.01. The van der Waals surface area contributed by atoms with Crippen LogP contribution in [0, 0.1) is 72.9 Å². The first-order valence-corrected chi connectivity index (χ1v) is 6.96. The highest BCUT2D eigenvalue weighted by molar-refractivity contribution is 5.56. The summed E-state index contributed by atoms with van der Waals surface area (Å²) in [6.07, 6.45) is 2.99. The van der Waals surface area contributed by atoms with Crippen molar-refractivity contribution in [2.45, 2.75) is 46.5 Å². The summed E-state index contributed by atoms with van der Waals surface area (Å²) in [5, 5.41) is 37.7. The van der Waals surface area contributed by atoms with Gasteiger partial charge in [-0.05, 0) is 37.0 Å². The first-order valence-electron chi connectivity index (χ1n) is 6.96. The van der Waals surface area contributed by atoms with Crippen LogP contribution in [0.5, 0.6) is 0 Å². The molecular weight excluding hydrogens is 248 g/mol. The van der Waals surface area contributed by atoms with Gasteiger partial charge in [-0.2, -0.15) is 21.0 Å². The minimum absolute atomic E-state index is 0.181. The molecule has 0 unspecified atom stereocenters. The fraction of sp³-hybridized carbons (Fsp3) is 0.750. The van der Waals surface area contributed by atoms with Gasteiger partial charge in [0, 0.05) is 5.41 Å². The van der Waals surface area contributed by atoms with Crippen molar-refractivity contribution in [3.63, 3.8) is 0 Å². The molecule has 0 bridgehead atoms. The molecule has 0 heterocycles. The molecule has 0 aromatic carbocycles. The van der Waals surface area contributed by atoms with Gasteiger partial charge in [-0.3, -0.25) is 0 Å². The first kappa shape index (κ1) is 14.4. The Balaban J connectivity index is 2.37. The maximum atomic E-state index is 9.42.